The number of rotatable bonds is 6. The van der Waals surface area contributed by atoms with Crippen molar-refractivity contribution in [3.05, 3.63) is 120 Å². The van der Waals surface area contributed by atoms with Gasteiger partial charge in [-0.3, -0.25) is 9.59 Å². The predicted octanol–water partition coefficient (Wildman–Crippen LogP) is 3.60. The topological polar surface area (TPSA) is 243 Å². The summed E-state index contributed by atoms with van der Waals surface area (Å²) >= 11 is 0. The first kappa shape index (κ1) is 38.9. The second kappa shape index (κ2) is 16.8. The smallest absolute Gasteiger partial charge is 0.350 e. The van der Waals surface area contributed by atoms with Gasteiger partial charge in [0, 0.05) is 31.6 Å². The zero-order valence-corrected chi connectivity index (χ0v) is 27.9. The summed E-state index contributed by atoms with van der Waals surface area (Å²) in [5.41, 5.74) is 1.40. The number of hydrogen-bond acceptors (Lipinski definition) is 8. The zero-order valence-electron chi connectivity index (χ0n) is 23.8. The fourth-order valence-corrected chi connectivity index (χ4v) is 4.60. The van der Waals surface area contributed by atoms with Crippen LogP contribution in [-0.2, 0) is 46.4 Å². The van der Waals surface area contributed by atoms with E-state index >= 15 is 0 Å². The van der Waals surface area contributed by atoms with Gasteiger partial charge in [0.1, 0.15) is 20.2 Å². The molecule has 0 saturated heterocycles. The van der Waals surface area contributed by atoms with Gasteiger partial charge in [-0.2, -0.15) is 0 Å². The van der Waals surface area contributed by atoms with E-state index in [9.17, 15) is 35.5 Å². The SMILES string of the molecule is C/C(O)=C/C(=[OH+])c1ccccc1.C/C(O)=C/C(=[OH+])c1ccccc1.O=S(=O)([O-])c1cc([OH2+])c2c([OH2+])cc(S(=O)(=O)[O-])cc2c1.[Zr]. The molecule has 0 aliphatic carbocycles. The summed E-state index contributed by atoms with van der Waals surface area (Å²) in [6, 6.07) is 21.3. The fourth-order valence-electron chi connectivity index (χ4n) is 3.53. The first-order valence-electron chi connectivity index (χ1n) is 12.3. The molecule has 4 aromatic carbocycles. The monoisotopic (exact) mass is 736 g/mol. The summed E-state index contributed by atoms with van der Waals surface area (Å²) in [5, 5.41) is 32.7. The van der Waals surface area contributed by atoms with E-state index in [0.717, 1.165) is 24.3 Å². The molecule has 4 rings (SSSR count). The molecule has 0 spiro atoms. The van der Waals surface area contributed by atoms with Gasteiger partial charge in [-0.15, -0.1) is 0 Å². The van der Waals surface area contributed by atoms with Crippen molar-refractivity contribution in [3.8, 4) is 11.5 Å². The quantitative estimate of drug-likeness (QED) is 0.0971. The van der Waals surface area contributed by atoms with Crippen molar-refractivity contribution in [1.29, 1.82) is 0 Å². The van der Waals surface area contributed by atoms with Crippen LogP contribution in [0.1, 0.15) is 25.0 Å². The number of benzene rings is 4. The molecule has 4 aromatic rings. The van der Waals surface area contributed by atoms with Crippen LogP contribution in [0.5, 0.6) is 11.5 Å². The summed E-state index contributed by atoms with van der Waals surface area (Å²) < 4.78 is 65.6. The van der Waals surface area contributed by atoms with Crippen molar-refractivity contribution >= 4 is 42.6 Å². The molecule has 15 heteroatoms. The van der Waals surface area contributed by atoms with Gasteiger partial charge in [0.2, 0.25) is 0 Å². The van der Waals surface area contributed by atoms with E-state index in [1.165, 1.54) is 26.0 Å². The second-order valence-corrected chi connectivity index (χ2v) is 11.8. The first-order chi connectivity index (χ1) is 20.4. The molecule has 0 bridgehead atoms. The molecule has 8 N–H and O–H groups in total. The number of aliphatic hydroxyl groups excluding tert-OH is 2. The van der Waals surface area contributed by atoms with E-state index < -0.39 is 41.5 Å². The molecular formula is C30H30O12S2Zr+2. The molecule has 0 amide bonds. The normalized spacial score (nSPS) is 11.6. The molecule has 0 aliphatic rings. The van der Waals surface area contributed by atoms with Crippen LogP contribution >= 0.6 is 0 Å². The van der Waals surface area contributed by atoms with Gasteiger partial charge in [0.15, 0.2) is 5.39 Å². The molecule has 0 saturated carbocycles. The van der Waals surface area contributed by atoms with Gasteiger partial charge in [-0.05, 0) is 50.2 Å². The maximum Gasteiger partial charge on any atom is 0.350 e. The maximum atomic E-state index is 10.9. The summed E-state index contributed by atoms with van der Waals surface area (Å²) in [6.07, 6.45) is 2.63. The molecule has 0 aromatic heterocycles. The Hall–Kier alpha value is -4.14. The molecular weight excluding hydrogens is 708 g/mol. The number of carbonyl (C=O) groups excluding carboxylic acids is 2. The van der Waals surface area contributed by atoms with Gasteiger partial charge in [-0.25, -0.2) is 16.8 Å². The van der Waals surface area contributed by atoms with E-state index in [0.29, 0.717) is 11.1 Å². The summed E-state index contributed by atoms with van der Waals surface area (Å²) in [6.45, 7) is 3.03. The third-order valence-electron chi connectivity index (χ3n) is 5.40. The molecule has 0 aliphatic heterocycles. The molecule has 0 atom stereocenters. The van der Waals surface area contributed by atoms with Gasteiger partial charge < -0.3 is 29.5 Å². The molecule has 0 radical (unpaired) electrons. The molecule has 0 heterocycles. The van der Waals surface area contributed by atoms with Crippen molar-refractivity contribution in [3.63, 3.8) is 0 Å². The largest absolute Gasteiger partial charge is 0.744 e. The summed E-state index contributed by atoms with van der Waals surface area (Å²) in [5.74, 6) is -0.493. The number of fused-ring (bicyclic) bond motifs is 1. The Morgan fingerprint density at radius 2 is 0.978 bits per heavy atom. The van der Waals surface area contributed by atoms with E-state index in [-0.39, 0.29) is 60.1 Å². The fraction of sp³-hybridized carbons (Fsp3) is 0.0667. The third kappa shape index (κ3) is 12.4. The van der Waals surface area contributed by atoms with Gasteiger partial charge in [-0.1, -0.05) is 36.4 Å². The van der Waals surface area contributed by atoms with Crippen LogP contribution in [0.25, 0.3) is 10.8 Å². The van der Waals surface area contributed by atoms with Crippen LogP contribution in [-0.4, -0.2) is 67.5 Å². The standard InChI is InChI=1S/C10H8O8S2.2C10H10O2.Zr/c11-8-3-6(19(13,14)15)1-5-2-7(20(16,17)18)4-9(12)10(5)8;2*1-8(11)7-10(12)9-5-3-2-4-6-9;/h1-4,11-12H,(H,13,14,15)(H,16,17,18);2*2-7,11H,1H3;/p+2/b;2*8-7-;. The first-order valence-corrected chi connectivity index (χ1v) is 15.2. The maximum absolute atomic E-state index is 10.9. The Bertz CT molecular complexity index is 1790. The summed E-state index contributed by atoms with van der Waals surface area (Å²) in [4.78, 5) is 17.3. The van der Waals surface area contributed by atoms with Crippen LogP contribution in [0.3, 0.4) is 0 Å². The second-order valence-electron chi connectivity index (χ2n) is 9.02. The van der Waals surface area contributed by atoms with Crippen molar-refractivity contribution in [2.75, 3.05) is 0 Å². The van der Waals surface area contributed by atoms with Crippen molar-refractivity contribution in [2.45, 2.75) is 23.6 Å². The minimum absolute atomic E-state index is 0. The Kier molecular flexibility index (Phi) is 14.5. The van der Waals surface area contributed by atoms with Crippen molar-refractivity contribution < 1.29 is 82.2 Å². The summed E-state index contributed by atoms with van der Waals surface area (Å²) in [7, 11) is -9.67. The minimum Gasteiger partial charge on any atom is -0.744 e. The average Bonchev–Trinajstić information content (AvgIpc) is 2.92. The number of aliphatic hydroxyl groups is 2. The van der Waals surface area contributed by atoms with E-state index in [1.54, 1.807) is 24.3 Å². The van der Waals surface area contributed by atoms with E-state index in [2.05, 4.69) is 0 Å². The Morgan fingerprint density at radius 3 is 1.24 bits per heavy atom. The van der Waals surface area contributed by atoms with Crippen LogP contribution in [0.4, 0.5) is 0 Å². The Labute approximate surface area is 278 Å². The van der Waals surface area contributed by atoms with Gasteiger partial charge in [0.25, 0.3) is 11.5 Å². The van der Waals surface area contributed by atoms with Gasteiger partial charge in [0.05, 0.1) is 56.7 Å². The zero-order chi connectivity index (χ0) is 33.2. The Morgan fingerprint density at radius 1 is 0.667 bits per heavy atom. The molecule has 45 heavy (non-hydrogen) atoms. The van der Waals surface area contributed by atoms with Crippen LogP contribution in [0.15, 0.2) is 118 Å². The van der Waals surface area contributed by atoms with Crippen LogP contribution in [0.2, 0.25) is 0 Å². The van der Waals surface area contributed by atoms with Crippen molar-refractivity contribution in [1.82, 2.24) is 0 Å². The molecule has 0 fully saturated rings. The van der Waals surface area contributed by atoms with Crippen molar-refractivity contribution in [2.24, 2.45) is 0 Å². The van der Waals surface area contributed by atoms with E-state index in [4.69, 9.17) is 20.4 Å². The average molecular weight is 738 g/mol. The predicted molar refractivity (Wildman–Crippen MR) is 164 cm³/mol. The molecule has 236 valence electrons. The van der Waals surface area contributed by atoms with Crippen LogP contribution < -0.4 is 0 Å². The Balaban J connectivity index is 0.000000353. The van der Waals surface area contributed by atoms with Crippen LogP contribution in [0, 0.1) is 0 Å². The number of ketones is 2. The minimum atomic E-state index is -4.84. The number of hydrogen-bond donors (Lipinski definition) is 2. The molecule has 12 nitrogen and oxygen atoms in total. The molecule has 0 unspecified atom stereocenters. The van der Waals surface area contributed by atoms with E-state index in [1.807, 2.05) is 36.4 Å². The van der Waals surface area contributed by atoms with Gasteiger partial charge >= 0.3 is 11.6 Å². The number of allylic oxidation sites excluding steroid dienone is 4. The third-order valence-corrected chi connectivity index (χ3v) is 7.03.